The highest BCUT2D eigenvalue weighted by Crippen LogP contribution is 2.18. The van der Waals surface area contributed by atoms with Crippen molar-refractivity contribution in [2.24, 2.45) is 11.8 Å². The summed E-state index contributed by atoms with van der Waals surface area (Å²) in [6.45, 7) is 5.08. The number of carbonyl (C=O) groups is 2. The SMILES string of the molecule is CC(C)CN1C[C@H](C(=O)O)CC1=O. The Morgan fingerprint density at radius 2 is 2.31 bits per heavy atom. The molecule has 0 aromatic heterocycles. The molecular weight excluding hydrogens is 170 g/mol. The minimum Gasteiger partial charge on any atom is -0.481 e. The van der Waals surface area contributed by atoms with Gasteiger partial charge in [-0.3, -0.25) is 9.59 Å². The molecule has 4 heteroatoms. The van der Waals surface area contributed by atoms with E-state index >= 15 is 0 Å². The molecule has 0 aliphatic carbocycles. The van der Waals surface area contributed by atoms with E-state index in [0.29, 0.717) is 19.0 Å². The van der Waals surface area contributed by atoms with Crippen molar-refractivity contribution in [1.29, 1.82) is 0 Å². The largest absolute Gasteiger partial charge is 0.481 e. The van der Waals surface area contributed by atoms with E-state index < -0.39 is 11.9 Å². The second-order valence-corrected chi connectivity index (χ2v) is 3.93. The number of nitrogens with zero attached hydrogens (tertiary/aromatic N) is 1. The molecule has 0 aromatic rings. The molecule has 0 bridgehead atoms. The fourth-order valence-electron chi connectivity index (χ4n) is 1.55. The second-order valence-electron chi connectivity index (χ2n) is 3.93. The maximum Gasteiger partial charge on any atom is 0.308 e. The van der Waals surface area contributed by atoms with E-state index in [1.165, 1.54) is 0 Å². The normalized spacial score (nSPS) is 22.8. The first kappa shape index (κ1) is 10.0. The highest BCUT2D eigenvalue weighted by atomic mass is 16.4. The molecule has 1 aliphatic rings. The summed E-state index contributed by atoms with van der Waals surface area (Å²) >= 11 is 0. The van der Waals surface area contributed by atoms with Crippen LogP contribution in [0, 0.1) is 11.8 Å². The monoisotopic (exact) mass is 185 g/mol. The van der Waals surface area contributed by atoms with Gasteiger partial charge in [0.2, 0.25) is 5.91 Å². The van der Waals surface area contributed by atoms with Gasteiger partial charge in [0.15, 0.2) is 0 Å². The van der Waals surface area contributed by atoms with E-state index in [0.717, 1.165) is 0 Å². The first-order chi connectivity index (χ1) is 6.00. The fraction of sp³-hybridized carbons (Fsp3) is 0.778. The summed E-state index contributed by atoms with van der Waals surface area (Å²) in [5.41, 5.74) is 0. The van der Waals surface area contributed by atoms with Gasteiger partial charge in [-0.05, 0) is 5.92 Å². The van der Waals surface area contributed by atoms with E-state index in [1.807, 2.05) is 13.8 Å². The third-order valence-electron chi connectivity index (χ3n) is 2.15. The number of aliphatic carboxylic acids is 1. The van der Waals surface area contributed by atoms with Crippen molar-refractivity contribution >= 4 is 11.9 Å². The number of carboxylic acid groups (broad SMARTS) is 1. The molecule has 1 aliphatic heterocycles. The molecule has 74 valence electrons. The Hall–Kier alpha value is -1.06. The van der Waals surface area contributed by atoms with Crippen LogP contribution < -0.4 is 0 Å². The molecule has 1 heterocycles. The zero-order valence-corrected chi connectivity index (χ0v) is 7.99. The lowest BCUT2D eigenvalue weighted by Gasteiger charge is -2.17. The van der Waals surface area contributed by atoms with Crippen molar-refractivity contribution in [3.05, 3.63) is 0 Å². The quantitative estimate of drug-likeness (QED) is 0.699. The molecule has 0 unspecified atom stereocenters. The smallest absolute Gasteiger partial charge is 0.308 e. The van der Waals surface area contributed by atoms with Crippen LogP contribution in [-0.2, 0) is 9.59 Å². The Morgan fingerprint density at radius 1 is 1.69 bits per heavy atom. The summed E-state index contributed by atoms with van der Waals surface area (Å²) in [5.74, 6) is -0.983. The van der Waals surface area contributed by atoms with Gasteiger partial charge in [0, 0.05) is 19.5 Å². The summed E-state index contributed by atoms with van der Waals surface area (Å²) in [6.07, 6.45) is 0.169. The number of amides is 1. The molecule has 1 amide bonds. The van der Waals surface area contributed by atoms with Crippen LogP contribution in [0.2, 0.25) is 0 Å². The average Bonchev–Trinajstić information content (AvgIpc) is 2.31. The highest BCUT2D eigenvalue weighted by Gasteiger charge is 2.34. The van der Waals surface area contributed by atoms with Gasteiger partial charge in [-0.15, -0.1) is 0 Å². The number of hydrogen-bond acceptors (Lipinski definition) is 2. The lowest BCUT2D eigenvalue weighted by molar-refractivity contribution is -0.141. The summed E-state index contributed by atoms with van der Waals surface area (Å²) in [5, 5.41) is 8.70. The second kappa shape index (κ2) is 3.77. The van der Waals surface area contributed by atoms with E-state index in [4.69, 9.17) is 5.11 Å². The summed E-state index contributed by atoms with van der Waals surface area (Å²) in [6, 6.07) is 0. The highest BCUT2D eigenvalue weighted by molar-refractivity contribution is 5.86. The first-order valence-corrected chi connectivity index (χ1v) is 4.51. The van der Waals surface area contributed by atoms with Gasteiger partial charge in [-0.2, -0.15) is 0 Å². The molecule has 1 N–H and O–H groups in total. The van der Waals surface area contributed by atoms with Crippen LogP contribution >= 0.6 is 0 Å². The van der Waals surface area contributed by atoms with Gasteiger partial charge < -0.3 is 10.0 Å². The molecule has 0 spiro atoms. The van der Waals surface area contributed by atoms with E-state index in [9.17, 15) is 9.59 Å². The number of carbonyl (C=O) groups excluding carboxylic acids is 1. The summed E-state index contributed by atoms with van der Waals surface area (Å²) in [7, 11) is 0. The summed E-state index contributed by atoms with van der Waals surface area (Å²) < 4.78 is 0. The predicted molar refractivity (Wildman–Crippen MR) is 47.2 cm³/mol. The average molecular weight is 185 g/mol. The van der Waals surface area contributed by atoms with Crippen molar-refractivity contribution in [2.75, 3.05) is 13.1 Å². The van der Waals surface area contributed by atoms with Crippen LogP contribution in [0.3, 0.4) is 0 Å². The maximum absolute atomic E-state index is 11.3. The lowest BCUT2D eigenvalue weighted by atomic mass is 10.1. The van der Waals surface area contributed by atoms with Gasteiger partial charge in [0.1, 0.15) is 0 Å². The molecule has 1 rings (SSSR count). The number of hydrogen-bond donors (Lipinski definition) is 1. The molecule has 1 atom stereocenters. The third-order valence-corrected chi connectivity index (χ3v) is 2.15. The van der Waals surface area contributed by atoms with Gasteiger partial charge in [0.25, 0.3) is 0 Å². The molecule has 13 heavy (non-hydrogen) atoms. The zero-order valence-electron chi connectivity index (χ0n) is 7.99. The zero-order chi connectivity index (χ0) is 10.0. The third kappa shape index (κ3) is 2.44. The Labute approximate surface area is 77.5 Å². The lowest BCUT2D eigenvalue weighted by Crippen LogP contribution is -2.29. The Morgan fingerprint density at radius 3 is 2.69 bits per heavy atom. The van der Waals surface area contributed by atoms with Crippen LogP contribution in [-0.4, -0.2) is 35.0 Å². The van der Waals surface area contributed by atoms with Gasteiger partial charge >= 0.3 is 5.97 Å². The van der Waals surface area contributed by atoms with Crippen molar-refractivity contribution in [3.63, 3.8) is 0 Å². The van der Waals surface area contributed by atoms with Crippen molar-refractivity contribution in [3.8, 4) is 0 Å². The maximum atomic E-state index is 11.3. The van der Waals surface area contributed by atoms with Crippen LogP contribution in [0.4, 0.5) is 0 Å². The minimum absolute atomic E-state index is 0.0268. The van der Waals surface area contributed by atoms with E-state index in [1.54, 1.807) is 4.90 Å². The molecule has 0 saturated carbocycles. The van der Waals surface area contributed by atoms with Crippen molar-refractivity contribution in [1.82, 2.24) is 4.90 Å². The fourth-order valence-corrected chi connectivity index (χ4v) is 1.55. The summed E-state index contributed by atoms with van der Waals surface area (Å²) in [4.78, 5) is 23.5. The van der Waals surface area contributed by atoms with Crippen LogP contribution in [0.15, 0.2) is 0 Å². The Kier molecular flexibility index (Phi) is 2.90. The molecule has 0 radical (unpaired) electrons. The van der Waals surface area contributed by atoms with E-state index in [2.05, 4.69) is 0 Å². The van der Waals surface area contributed by atoms with Crippen LogP contribution in [0.1, 0.15) is 20.3 Å². The Balaban J connectivity index is 2.51. The van der Waals surface area contributed by atoms with Gasteiger partial charge in [0.05, 0.1) is 5.92 Å². The van der Waals surface area contributed by atoms with Gasteiger partial charge in [-0.1, -0.05) is 13.8 Å². The first-order valence-electron chi connectivity index (χ1n) is 4.51. The van der Waals surface area contributed by atoms with Gasteiger partial charge in [-0.25, -0.2) is 0 Å². The van der Waals surface area contributed by atoms with Crippen molar-refractivity contribution in [2.45, 2.75) is 20.3 Å². The Bertz CT molecular complexity index is 225. The van der Waals surface area contributed by atoms with Crippen LogP contribution in [0.5, 0.6) is 0 Å². The number of likely N-dealkylation sites (tertiary alicyclic amines) is 1. The standard InChI is InChI=1S/C9H15NO3/c1-6(2)4-10-5-7(9(12)13)3-8(10)11/h6-7H,3-5H2,1-2H3,(H,12,13)/t7-/m1/s1. The molecule has 1 fully saturated rings. The molecule has 4 nitrogen and oxygen atoms in total. The molecule has 1 saturated heterocycles. The molecule has 0 aromatic carbocycles. The number of carboxylic acids is 1. The number of rotatable bonds is 3. The predicted octanol–water partition coefficient (Wildman–Crippen LogP) is 0.575. The minimum atomic E-state index is -0.861. The van der Waals surface area contributed by atoms with E-state index in [-0.39, 0.29) is 12.3 Å². The molecular formula is C9H15NO3. The van der Waals surface area contributed by atoms with Crippen molar-refractivity contribution < 1.29 is 14.7 Å². The topological polar surface area (TPSA) is 57.6 Å². The van der Waals surface area contributed by atoms with Crippen LogP contribution in [0.25, 0.3) is 0 Å².